The van der Waals surface area contributed by atoms with Crippen LogP contribution in [0.2, 0.25) is 0 Å². The van der Waals surface area contributed by atoms with Crippen LogP contribution < -0.4 is 0 Å². The van der Waals surface area contributed by atoms with Crippen molar-refractivity contribution >= 4 is 15.8 Å². The van der Waals surface area contributed by atoms with Crippen LogP contribution in [0.25, 0.3) is 0 Å². The van der Waals surface area contributed by atoms with Crippen molar-refractivity contribution in [2.24, 2.45) is 5.92 Å². The van der Waals surface area contributed by atoms with Crippen LogP contribution in [0.3, 0.4) is 0 Å². The molecule has 6 nitrogen and oxygen atoms in total. The van der Waals surface area contributed by atoms with Gasteiger partial charge in [-0.1, -0.05) is 18.2 Å². The number of hydrogen-bond acceptors (Lipinski definition) is 5. The van der Waals surface area contributed by atoms with E-state index in [1.807, 2.05) is 0 Å². The molecule has 1 N–H and O–H groups in total. The van der Waals surface area contributed by atoms with Crippen molar-refractivity contribution in [2.75, 3.05) is 7.11 Å². The molecule has 1 aromatic rings. The summed E-state index contributed by atoms with van der Waals surface area (Å²) in [7, 11) is -2.66. The Morgan fingerprint density at radius 2 is 2.00 bits per heavy atom. The Hall–Kier alpha value is -1.70. The molecule has 2 aliphatic heterocycles. The van der Waals surface area contributed by atoms with Crippen molar-refractivity contribution in [1.82, 2.24) is 0 Å². The molecular weight excluding hydrogens is 296 g/mol. The summed E-state index contributed by atoms with van der Waals surface area (Å²) < 4.78 is 36.6. The number of rotatable bonds is 4. The van der Waals surface area contributed by atoms with E-state index >= 15 is 0 Å². The number of benzene rings is 1. The lowest BCUT2D eigenvalue weighted by atomic mass is 9.92. The van der Waals surface area contributed by atoms with Gasteiger partial charge in [-0.2, -0.15) is 0 Å². The first-order valence-electron chi connectivity index (χ1n) is 6.35. The van der Waals surface area contributed by atoms with Crippen molar-refractivity contribution in [3.8, 4) is 0 Å². The van der Waals surface area contributed by atoms with E-state index in [0.717, 1.165) is 0 Å². The Morgan fingerprint density at radius 3 is 2.57 bits per heavy atom. The molecule has 0 radical (unpaired) electrons. The van der Waals surface area contributed by atoms with Crippen LogP contribution in [-0.2, 0) is 24.1 Å². The van der Waals surface area contributed by atoms with Gasteiger partial charge in [-0.3, -0.25) is 4.79 Å². The number of fused-ring (bicyclic) bond motifs is 2. The van der Waals surface area contributed by atoms with Crippen LogP contribution in [0, 0.1) is 5.92 Å². The quantitative estimate of drug-likeness (QED) is 0.840. The van der Waals surface area contributed by atoms with Crippen molar-refractivity contribution < 1.29 is 27.8 Å². The molecule has 1 fully saturated rings. The van der Waals surface area contributed by atoms with Crippen LogP contribution in [0.15, 0.2) is 47.4 Å². The molecule has 112 valence electrons. The topological polar surface area (TPSA) is 89.9 Å². The highest BCUT2D eigenvalue weighted by Gasteiger charge is 2.68. The van der Waals surface area contributed by atoms with Crippen molar-refractivity contribution in [3.05, 3.63) is 42.5 Å². The largest absolute Gasteiger partial charge is 0.481 e. The van der Waals surface area contributed by atoms with Crippen LogP contribution in [0.5, 0.6) is 0 Å². The molecule has 0 aromatic heterocycles. The van der Waals surface area contributed by atoms with Gasteiger partial charge in [0.15, 0.2) is 5.79 Å². The number of ether oxygens (including phenoxy) is 2. The highest BCUT2D eigenvalue weighted by Crippen LogP contribution is 2.54. The second-order valence-electron chi connectivity index (χ2n) is 5.08. The van der Waals surface area contributed by atoms with Gasteiger partial charge < -0.3 is 14.6 Å². The second kappa shape index (κ2) is 4.40. The van der Waals surface area contributed by atoms with Crippen LogP contribution >= 0.6 is 0 Å². The van der Waals surface area contributed by atoms with Gasteiger partial charge in [0, 0.05) is 13.5 Å². The number of hydrogen-bond donors (Lipinski definition) is 1. The Balaban J connectivity index is 2.16. The van der Waals surface area contributed by atoms with Gasteiger partial charge >= 0.3 is 5.97 Å². The van der Waals surface area contributed by atoms with Gasteiger partial charge in [-0.05, 0) is 24.3 Å². The third-order valence-corrected chi connectivity index (χ3v) is 6.23. The molecule has 0 saturated carbocycles. The van der Waals surface area contributed by atoms with Crippen molar-refractivity contribution in [3.63, 3.8) is 0 Å². The summed E-state index contributed by atoms with van der Waals surface area (Å²) in [6, 6.07) is 7.69. The van der Waals surface area contributed by atoms with E-state index in [0.29, 0.717) is 0 Å². The minimum Gasteiger partial charge on any atom is -0.481 e. The third-order valence-electron chi connectivity index (χ3n) is 3.99. The smallest absolute Gasteiger partial charge is 0.311 e. The van der Waals surface area contributed by atoms with E-state index in [4.69, 9.17) is 9.47 Å². The monoisotopic (exact) mass is 310 g/mol. The minimum absolute atomic E-state index is 0.0229. The lowest BCUT2D eigenvalue weighted by Crippen LogP contribution is -2.44. The molecule has 21 heavy (non-hydrogen) atoms. The van der Waals surface area contributed by atoms with Crippen LogP contribution in [0.4, 0.5) is 0 Å². The molecule has 3 rings (SSSR count). The molecule has 2 heterocycles. The van der Waals surface area contributed by atoms with E-state index in [9.17, 15) is 18.3 Å². The standard InChI is InChI=1S/C14H14O6S/c1-19-13-7-8-14(20-13,11(9-13)12(15)16)21(17,18)10-5-3-2-4-6-10/h2-8,11H,9H2,1H3,(H,15,16). The van der Waals surface area contributed by atoms with E-state index in [1.165, 1.54) is 31.4 Å². The Labute approximate surface area is 121 Å². The fourth-order valence-corrected chi connectivity index (χ4v) is 4.81. The molecular formula is C14H14O6S. The van der Waals surface area contributed by atoms with E-state index in [-0.39, 0.29) is 11.3 Å². The maximum Gasteiger partial charge on any atom is 0.311 e. The molecule has 0 spiro atoms. The zero-order chi connectivity index (χ0) is 15.3. The lowest BCUT2D eigenvalue weighted by Gasteiger charge is -2.27. The summed E-state index contributed by atoms with van der Waals surface area (Å²) in [4.78, 5) is 9.60. The molecule has 3 atom stereocenters. The van der Waals surface area contributed by atoms with Crippen molar-refractivity contribution in [2.45, 2.75) is 22.0 Å². The summed E-state index contributed by atoms with van der Waals surface area (Å²) in [5, 5.41) is 9.39. The van der Waals surface area contributed by atoms with Crippen LogP contribution in [0.1, 0.15) is 6.42 Å². The molecule has 7 heteroatoms. The number of carboxylic acid groups (broad SMARTS) is 1. The van der Waals surface area contributed by atoms with Crippen LogP contribution in [-0.4, -0.2) is 37.3 Å². The second-order valence-corrected chi connectivity index (χ2v) is 7.20. The molecule has 0 amide bonds. The van der Waals surface area contributed by atoms with E-state index in [2.05, 4.69) is 0 Å². The summed E-state index contributed by atoms with van der Waals surface area (Å²) in [6.07, 6.45) is 2.73. The zero-order valence-electron chi connectivity index (χ0n) is 11.2. The number of carboxylic acids is 1. The maximum atomic E-state index is 12.9. The fraction of sp³-hybridized carbons (Fsp3) is 0.357. The molecule has 2 aliphatic rings. The minimum atomic E-state index is -4.02. The predicted molar refractivity (Wildman–Crippen MR) is 72.1 cm³/mol. The molecule has 1 saturated heterocycles. The van der Waals surface area contributed by atoms with Gasteiger partial charge in [-0.15, -0.1) is 0 Å². The van der Waals surface area contributed by atoms with Gasteiger partial charge in [0.1, 0.15) is 5.92 Å². The first-order chi connectivity index (χ1) is 9.87. The molecule has 3 unspecified atom stereocenters. The normalized spacial score (nSPS) is 34.2. The fourth-order valence-electron chi connectivity index (χ4n) is 2.87. The number of aliphatic carboxylic acids is 1. The van der Waals surface area contributed by atoms with E-state index < -0.39 is 32.4 Å². The molecule has 0 aliphatic carbocycles. The molecule has 2 bridgehead atoms. The summed E-state index contributed by atoms with van der Waals surface area (Å²) in [5.74, 6) is -3.73. The average Bonchev–Trinajstić information content (AvgIpc) is 3.04. The SMILES string of the molecule is COC12C=CC(S(=O)(=O)c3ccccc3)(O1)C(C(=O)O)C2. The first kappa shape index (κ1) is 14.2. The molecule has 1 aromatic carbocycles. The number of methoxy groups -OCH3 is 1. The summed E-state index contributed by atoms with van der Waals surface area (Å²) in [6.45, 7) is 0. The first-order valence-corrected chi connectivity index (χ1v) is 7.83. The third kappa shape index (κ3) is 1.78. The van der Waals surface area contributed by atoms with E-state index in [1.54, 1.807) is 18.2 Å². The van der Waals surface area contributed by atoms with Gasteiger partial charge in [0.25, 0.3) is 0 Å². The highest BCUT2D eigenvalue weighted by molar-refractivity contribution is 7.93. The summed E-state index contributed by atoms with van der Waals surface area (Å²) >= 11 is 0. The highest BCUT2D eigenvalue weighted by atomic mass is 32.2. The maximum absolute atomic E-state index is 12.9. The Kier molecular flexibility index (Phi) is 2.98. The number of sulfone groups is 1. The van der Waals surface area contributed by atoms with Gasteiger partial charge in [0.2, 0.25) is 14.8 Å². The van der Waals surface area contributed by atoms with Gasteiger partial charge in [-0.25, -0.2) is 8.42 Å². The van der Waals surface area contributed by atoms with Gasteiger partial charge in [0.05, 0.1) is 4.90 Å². The lowest BCUT2D eigenvalue weighted by molar-refractivity contribution is -0.166. The van der Waals surface area contributed by atoms with Crippen molar-refractivity contribution in [1.29, 1.82) is 0 Å². The Morgan fingerprint density at radius 1 is 1.33 bits per heavy atom. The predicted octanol–water partition coefficient (Wildman–Crippen LogP) is 1.19. The average molecular weight is 310 g/mol. The zero-order valence-corrected chi connectivity index (χ0v) is 12.0. The Bertz CT molecular complexity index is 710. The number of carbonyl (C=O) groups is 1. The summed E-state index contributed by atoms with van der Waals surface area (Å²) in [5.41, 5.74) is 0.